The van der Waals surface area contributed by atoms with Crippen molar-refractivity contribution in [3.05, 3.63) is 40.3 Å². The molecule has 1 aromatic rings. The quantitative estimate of drug-likeness (QED) is 0.442. The van der Waals surface area contributed by atoms with Gasteiger partial charge in [-0.2, -0.15) is 0 Å². The lowest BCUT2D eigenvalue weighted by molar-refractivity contribution is -0.130. The molecule has 0 unspecified atom stereocenters. The van der Waals surface area contributed by atoms with Crippen LogP contribution in [0.2, 0.25) is 0 Å². The minimum absolute atomic E-state index is 0.140. The molecule has 0 fully saturated rings. The van der Waals surface area contributed by atoms with Gasteiger partial charge >= 0.3 is 0 Å². The molecular formula is C11H12N4O2. The molecule has 0 aromatic heterocycles. The standard InChI is InChI=1S/C11H12N4O2/c12-14-13-7-11(16)15-5-6-17-10-4-2-1-3-9(10)8-15/h1-4H,5-8H2. The van der Waals surface area contributed by atoms with Crippen LogP contribution in [0.25, 0.3) is 10.4 Å². The molecule has 0 radical (unpaired) electrons. The zero-order chi connectivity index (χ0) is 12.1. The van der Waals surface area contributed by atoms with Crippen molar-refractivity contribution in [3.8, 4) is 5.75 Å². The molecule has 0 spiro atoms. The summed E-state index contributed by atoms with van der Waals surface area (Å²) in [5, 5.41) is 3.28. The molecular weight excluding hydrogens is 220 g/mol. The van der Waals surface area contributed by atoms with E-state index in [9.17, 15) is 4.79 Å². The van der Waals surface area contributed by atoms with Crippen molar-refractivity contribution in [1.82, 2.24) is 4.90 Å². The van der Waals surface area contributed by atoms with E-state index in [2.05, 4.69) is 10.0 Å². The number of nitrogens with zero attached hydrogens (tertiary/aromatic N) is 4. The number of rotatable bonds is 2. The number of amides is 1. The summed E-state index contributed by atoms with van der Waals surface area (Å²) in [4.78, 5) is 15.9. The zero-order valence-corrected chi connectivity index (χ0v) is 9.24. The number of fused-ring (bicyclic) bond motifs is 1. The number of carbonyl (C=O) groups is 1. The number of hydrogen-bond acceptors (Lipinski definition) is 3. The normalized spacial score (nSPS) is 14.0. The first-order chi connectivity index (χ1) is 8.31. The largest absolute Gasteiger partial charge is 0.491 e. The number of carbonyl (C=O) groups excluding carboxylic acids is 1. The van der Waals surface area contributed by atoms with Gasteiger partial charge in [-0.05, 0) is 11.6 Å². The van der Waals surface area contributed by atoms with Crippen molar-refractivity contribution >= 4 is 5.91 Å². The third kappa shape index (κ3) is 2.68. The van der Waals surface area contributed by atoms with Crippen LogP contribution in [0.5, 0.6) is 5.75 Å². The highest BCUT2D eigenvalue weighted by Crippen LogP contribution is 2.22. The Balaban J connectivity index is 2.12. The summed E-state index contributed by atoms with van der Waals surface area (Å²) >= 11 is 0. The maximum atomic E-state index is 11.7. The Bertz CT molecular complexity index is 468. The van der Waals surface area contributed by atoms with Crippen LogP contribution in [0, 0.1) is 0 Å². The van der Waals surface area contributed by atoms with Crippen LogP contribution in [0.15, 0.2) is 29.4 Å². The van der Waals surface area contributed by atoms with Crippen LogP contribution >= 0.6 is 0 Å². The van der Waals surface area contributed by atoms with Crippen molar-refractivity contribution in [2.45, 2.75) is 6.54 Å². The summed E-state index contributed by atoms with van der Waals surface area (Å²) < 4.78 is 5.54. The molecule has 6 nitrogen and oxygen atoms in total. The molecule has 17 heavy (non-hydrogen) atoms. The van der Waals surface area contributed by atoms with Gasteiger partial charge in [-0.1, -0.05) is 23.3 Å². The minimum atomic E-state index is -0.178. The lowest BCUT2D eigenvalue weighted by Gasteiger charge is -2.18. The summed E-state index contributed by atoms with van der Waals surface area (Å²) in [6, 6.07) is 7.62. The van der Waals surface area contributed by atoms with Gasteiger partial charge in [0.25, 0.3) is 0 Å². The van der Waals surface area contributed by atoms with Gasteiger partial charge in [0.2, 0.25) is 5.91 Å². The van der Waals surface area contributed by atoms with E-state index in [-0.39, 0.29) is 12.5 Å². The van der Waals surface area contributed by atoms with Crippen molar-refractivity contribution < 1.29 is 9.53 Å². The van der Waals surface area contributed by atoms with Crippen LogP contribution in [0.3, 0.4) is 0 Å². The van der Waals surface area contributed by atoms with Gasteiger partial charge in [0.05, 0.1) is 6.54 Å². The van der Waals surface area contributed by atoms with Crippen molar-refractivity contribution in [3.63, 3.8) is 0 Å². The lowest BCUT2D eigenvalue weighted by Crippen LogP contribution is -2.33. The van der Waals surface area contributed by atoms with Crippen LogP contribution in [0.4, 0.5) is 0 Å². The molecule has 0 saturated carbocycles. The van der Waals surface area contributed by atoms with Crippen molar-refractivity contribution in [2.75, 3.05) is 19.7 Å². The maximum absolute atomic E-state index is 11.7. The Hall–Kier alpha value is -2.20. The number of azide groups is 1. The molecule has 0 bridgehead atoms. The van der Waals surface area contributed by atoms with E-state index in [1.54, 1.807) is 4.90 Å². The van der Waals surface area contributed by atoms with Crippen LogP contribution in [0.1, 0.15) is 5.56 Å². The smallest absolute Gasteiger partial charge is 0.228 e. The molecule has 0 aliphatic carbocycles. The summed E-state index contributed by atoms with van der Waals surface area (Å²) in [5.74, 6) is 0.634. The second-order valence-electron chi connectivity index (χ2n) is 3.66. The number of benzene rings is 1. The number of hydrogen-bond donors (Lipinski definition) is 0. The van der Waals surface area contributed by atoms with E-state index < -0.39 is 0 Å². The molecule has 0 atom stereocenters. The fourth-order valence-corrected chi connectivity index (χ4v) is 1.73. The summed E-state index contributed by atoms with van der Waals surface area (Å²) in [6.07, 6.45) is 0. The first-order valence-corrected chi connectivity index (χ1v) is 5.30. The van der Waals surface area contributed by atoms with E-state index in [0.29, 0.717) is 19.7 Å². The Morgan fingerprint density at radius 2 is 2.35 bits per heavy atom. The summed E-state index contributed by atoms with van der Waals surface area (Å²) in [5.41, 5.74) is 9.16. The van der Waals surface area contributed by atoms with Gasteiger partial charge in [0, 0.05) is 17.0 Å². The molecule has 0 saturated heterocycles. The Labute approximate surface area is 98.4 Å². The SMILES string of the molecule is [N-]=[N+]=NCC(=O)N1CCOc2ccccc2C1. The maximum Gasteiger partial charge on any atom is 0.228 e. The molecule has 88 valence electrons. The Morgan fingerprint density at radius 1 is 1.53 bits per heavy atom. The van der Waals surface area contributed by atoms with Crippen molar-refractivity contribution in [2.24, 2.45) is 5.11 Å². The molecule has 1 aromatic carbocycles. The van der Waals surface area contributed by atoms with Gasteiger partial charge in [-0.15, -0.1) is 0 Å². The number of para-hydroxylation sites is 1. The van der Waals surface area contributed by atoms with Gasteiger partial charge < -0.3 is 9.64 Å². The van der Waals surface area contributed by atoms with Gasteiger partial charge in [-0.25, -0.2) is 0 Å². The van der Waals surface area contributed by atoms with Gasteiger partial charge in [0.1, 0.15) is 18.9 Å². The Morgan fingerprint density at radius 3 is 3.18 bits per heavy atom. The highest BCUT2D eigenvalue weighted by atomic mass is 16.5. The van der Waals surface area contributed by atoms with Crippen LogP contribution in [-0.2, 0) is 11.3 Å². The molecule has 1 heterocycles. The minimum Gasteiger partial charge on any atom is -0.491 e. The van der Waals surface area contributed by atoms with Crippen molar-refractivity contribution in [1.29, 1.82) is 0 Å². The second-order valence-corrected chi connectivity index (χ2v) is 3.66. The molecule has 0 N–H and O–H groups in total. The van der Waals surface area contributed by atoms with E-state index in [1.807, 2.05) is 24.3 Å². The van der Waals surface area contributed by atoms with E-state index in [4.69, 9.17) is 10.3 Å². The summed E-state index contributed by atoms with van der Waals surface area (Å²) in [7, 11) is 0. The summed E-state index contributed by atoms with van der Waals surface area (Å²) in [6.45, 7) is 1.32. The molecule has 1 aliphatic rings. The van der Waals surface area contributed by atoms with Crippen LogP contribution in [-0.4, -0.2) is 30.5 Å². The number of ether oxygens (including phenoxy) is 1. The molecule has 6 heteroatoms. The average molecular weight is 232 g/mol. The average Bonchev–Trinajstić information content (AvgIpc) is 2.58. The van der Waals surface area contributed by atoms with Crippen LogP contribution < -0.4 is 4.74 Å². The second kappa shape index (κ2) is 5.23. The van der Waals surface area contributed by atoms with E-state index >= 15 is 0 Å². The van der Waals surface area contributed by atoms with Gasteiger partial charge in [-0.3, -0.25) is 4.79 Å². The Kier molecular flexibility index (Phi) is 3.47. The zero-order valence-electron chi connectivity index (χ0n) is 9.24. The third-order valence-corrected chi connectivity index (χ3v) is 2.57. The molecule has 1 aliphatic heterocycles. The topological polar surface area (TPSA) is 78.3 Å². The first-order valence-electron chi connectivity index (χ1n) is 5.30. The fraction of sp³-hybridized carbons (Fsp3) is 0.364. The van der Waals surface area contributed by atoms with Gasteiger partial charge in [0.15, 0.2) is 0 Å². The molecule has 1 amide bonds. The lowest BCUT2D eigenvalue weighted by atomic mass is 10.2. The van der Waals surface area contributed by atoms with E-state index in [0.717, 1.165) is 11.3 Å². The fourth-order valence-electron chi connectivity index (χ4n) is 1.73. The first kappa shape index (κ1) is 11.3. The third-order valence-electron chi connectivity index (χ3n) is 2.57. The molecule has 2 rings (SSSR count). The predicted octanol–water partition coefficient (Wildman–Crippen LogP) is 1.72. The monoisotopic (exact) mass is 232 g/mol. The highest BCUT2D eigenvalue weighted by Gasteiger charge is 2.18. The van der Waals surface area contributed by atoms with E-state index in [1.165, 1.54) is 0 Å². The highest BCUT2D eigenvalue weighted by molar-refractivity contribution is 5.78. The predicted molar refractivity (Wildman–Crippen MR) is 61.4 cm³/mol.